The Morgan fingerprint density at radius 3 is 2.44 bits per heavy atom. The van der Waals surface area contributed by atoms with E-state index in [9.17, 15) is 5.11 Å². The standard InChI is InChI=1S/C20H33N3O.HI/c1-3-8-17(11-14-24)15-22-19(21-4-2)23-16-20(12-13-20)18-9-6-5-7-10-18;/h5-7,9-10,17,24H,3-4,8,11-16H2,1-2H3,(H2,21,22,23);1H. The van der Waals surface area contributed by atoms with Gasteiger partial charge >= 0.3 is 0 Å². The average molecular weight is 459 g/mol. The molecule has 1 saturated carbocycles. The van der Waals surface area contributed by atoms with E-state index < -0.39 is 0 Å². The maximum Gasteiger partial charge on any atom is 0.191 e. The first-order valence-corrected chi connectivity index (χ1v) is 9.42. The molecule has 0 saturated heterocycles. The van der Waals surface area contributed by atoms with Crippen LogP contribution in [0.15, 0.2) is 35.3 Å². The summed E-state index contributed by atoms with van der Waals surface area (Å²) in [6.45, 7) is 7.13. The summed E-state index contributed by atoms with van der Waals surface area (Å²) in [6.07, 6.45) is 5.60. The first-order chi connectivity index (χ1) is 11.7. The molecule has 0 aliphatic heterocycles. The SMILES string of the molecule is CCCC(CCO)CNC(=NCC1(c2ccccc2)CC1)NCC.I. The number of rotatable bonds is 10. The lowest BCUT2D eigenvalue weighted by Crippen LogP contribution is -2.40. The maximum absolute atomic E-state index is 9.20. The molecule has 1 aromatic rings. The number of benzene rings is 1. The van der Waals surface area contributed by atoms with Gasteiger partial charge in [0.2, 0.25) is 0 Å². The van der Waals surface area contributed by atoms with Crippen LogP contribution < -0.4 is 10.6 Å². The van der Waals surface area contributed by atoms with Crippen molar-refractivity contribution in [2.45, 2.75) is 51.4 Å². The van der Waals surface area contributed by atoms with E-state index in [-0.39, 0.29) is 36.0 Å². The van der Waals surface area contributed by atoms with Crippen LogP contribution in [0, 0.1) is 5.92 Å². The number of hydrogen-bond donors (Lipinski definition) is 3. The second-order valence-corrected chi connectivity index (χ2v) is 6.89. The third-order valence-electron chi connectivity index (χ3n) is 4.92. The van der Waals surface area contributed by atoms with Crippen LogP contribution in [0.3, 0.4) is 0 Å². The molecule has 0 amide bonds. The average Bonchev–Trinajstić information content (AvgIpc) is 3.39. The molecule has 1 atom stereocenters. The molecule has 5 heteroatoms. The monoisotopic (exact) mass is 459 g/mol. The number of hydrogen-bond acceptors (Lipinski definition) is 2. The second kappa shape index (κ2) is 11.7. The van der Waals surface area contributed by atoms with Crippen LogP contribution in [0.2, 0.25) is 0 Å². The molecular formula is C20H34IN3O. The summed E-state index contributed by atoms with van der Waals surface area (Å²) < 4.78 is 0. The Morgan fingerprint density at radius 1 is 1.16 bits per heavy atom. The van der Waals surface area contributed by atoms with Gasteiger partial charge < -0.3 is 15.7 Å². The normalized spacial score (nSPS) is 16.7. The van der Waals surface area contributed by atoms with Crippen molar-refractivity contribution in [1.29, 1.82) is 0 Å². The second-order valence-electron chi connectivity index (χ2n) is 6.89. The summed E-state index contributed by atoms with van der Waals surface area (Å²) in [5.74, 6) is 1.41. The molecule has 0 heterocycles. The van der Waals surface area contributed by atoms with E-state index in [0.29, 0.717) is 5.92 Å². The van der Waals surface area contributed by atoms with Gasteiger partial charge in [0, 0.05) is 25.1 Å². The van der Waals surface area contributed by atoms with E-state index in [2.05, 4.69) is 54.8 Å². The zero-order valence-electron chi connectivity index (χ0n) is 15.6. The maximum atomic E-state index is 9.20. The molecule has 4 nitrogen and oxygen atoms in total. The molecule has 1 aromatic carbocycles. The molecule has 1 fully saturated rings. The zero-order valence-corrected chi connectivity index (χ0v) is 18.0. The molecule has 0 aromatic heterocycles. The number of nitrogens with one attached hydrogen (secondary N) is 2. The van der Waals surface area contributed by atoms with Crippen molar-refractivity contribution in [2.24, 2.45) is 10.9 Å². The molecule has 1 aliphatic carbocycles. The minimum Gasteiger partial charge on any atom is -0.396 e. The number of halogens is 1. The minimum atomic E-state index is 0. The fraction of sp³-hybridized carbons (Fsp3) is 0.650. The fourth-order valence-electron chi connectivity index (χ4n) is 3.23. The largest absolute Gasteiger partial charge is 0.396 e. The van der Waals surface area contributed by atoms with Crippen LogP contribution >= 0.6 is 24.0 Å². The summed E-state index contributed by atoms with van der Waals surface area (Å²) >= 11 is 0. The first kappa shape index (κ1) is 22.2. The van der Waals surface area contributed by atoms with Crippen molar-refractivity contribution in [2.75, 3.05) is 26.2 Å². The van der Waals surface area contributed by atoms with E-state index in [1.165, 1.54) is 18.4 Å². The number of aliphatic hydroxyl groups excluding tert-OH is 1. The molecule has 142 valence electrons. The van der Waals surface area contributed by atoms with Crippen molar-refractivity contribution in [3.8, 4) is 0 Å². The third-order valence-corrected chi connectivity index (χ3v) is 4.92. The molecule has 25 heavy (non-hydrogen) atoms. The lowest BCUT2D eigenvalue weighted by molar-refractivity contribution is 0.251. The van der Waals surface area contributed by atoms with Crippen molar-refractivity contribution in [3.05, 3.63) is 35.9 Å². The van der Waals surface area contributed by atoms with Crippen molar-refractivity contribution in [1.82, 2.24) is 10.6 Å². The number of aliphatic hydroxyl groups is 1. The van der Waals surface area contributed by atoms with E-state index in [1.54, 1.807) is 0 Å². The van der Waals surface area contributed by atoms with Crippen molar-refractivity contribution >= 4 is 29.9 Å². The summed E-state index contributed by atoms with van der Waals surface area (Å²) in [5, 5.41) is 16.0. The molecule has 0 spiro atoms. The molecule has 3 N–H and O–H groups in total. The number of nitrogens with zero attached hydrogens (tertiary/aromatic N) is 1. The van der Waals surface area contributed by atoms with Gasteiger partial charge in [-0.2, -0.15) is 0 Å². The highest BCUT2D eigenvalue weighted by molar-refractivity contribution is 14.0. The van der Waals surface area contributed by atoms with Crippen LogP contribution in [-0.4, -0.2) is 37.3 Å². The summed E-state index contributed by atoms with van der Waals surface area (Å²) in [6, 6.07) is 10.8. The van der Waals surface area contributed by atoms with Gasteiger partial charge in [-0.25, -0.2) is 0 Å². The Balaban J connectivity index is 0.00000312. The van der Waals surface area contributed by atoms with Gasteiger partial charge in [0.25, 0.3) is 0 Å². The van der Waals surface area contributed by atoms with E-state index in [4.69, 9.17) is 4.99 Å². The van der Waals surface area contributed by atoms with Gasteiger partial charge in [-0.3, -0.25) is 4.99 Å². The lowest BCUT2D eigenvalue weighted by Gasteiger charge is -2.19. The van der Waals surface area contributed by atoms with E-state index in [1.807, 2.05) is 0 Å². The Morgan fingerprint density at radius 2 is 1.88 bits per heavy atom. The number of guanidine groups is 1. The highest BCUT2D eigenvalue weighted by atomic mass is 127. The Bertz CT molecular complexity index is 497. The molecule has 1 unspecified atom stereocenters. The van der Waals surface area contributed by atoms with Crippen LogP contribution in [0.4, 0.5) is 0 Å². The molecular weight excluding hydrogens is 425 g/mol. The highest BCUT2D eigenvalue weighted by Crippen LogP contribution is 2.48. The third kappa shape index (κ3) is 7.13. The van der Waals surface area contributed by atoms with Crippen LogP contribution in [0.1, 0.15) is 51.5 Å². The number of aliphatic imine (C=N–C) groups is 1. The van der Waals surface area contributed by atoms with Crippen LogP contribution in [0.25, 0.3) is 0 Å². The molecule has 0 bridgehead atoms. The predicted molar refractivity (Wildman–Crippen MR) is 117 cm³/mol. The molecule has 0 radical (unpaired) electrons. The van der Waals surface area contributed by atoms with Gasteiger partial charge in [0.05, 0.1) is 6.54 Å². The van der Waals surface area contributed by atoms with Crippen molar-refractivity contribution in [3.63, 3.8) is 0 Å². The molecule has 1 aliphatic rings. The quantitative estimate of drug-likeness (QED) is 0.284. The van der Waals surface area contributed by atoms with Gasteiger partial charge in [-0.15, -0.1) is 24.0 Å². The van der Waals surface area contributed by atoms with Gasteiger partial charge in [-0.1, -0.05) is 43.7 Å². The van der Waals surface area contributed by atoms with Crippen LogP contribution in [-0.2, 0) is 5.41 Å². The topological polar surface area (TPSA) is 56.6 Å². The summed E-state index contributed by atoms with van der Waals surface area (Å²) in [7, 11) is 0. The Kier molecular flexibility index (Phi) is 10.4. The minimum absolute atomic E-state index is 0. The predicted octanol–water partition coefficient (Wildman–Crippen LogP) is 3.69. The van der Waals surface area contributed by atoms with E-state index in [0.717, 1.165) is 44.9 Å². The fourth-order valence-corrected chi connectivity index (χ4v) is 3.23. The molecule has 2 rings (SSSR count). The summed E-state index contributed by atoms with van der Waals surface area (Å²) in [5.41, 5.74) is 1.66. The summed E-state index contributed by atoms with van der Waals surface area (Å²) in [4.78, 5) is 4.85. The van der Waals surface area contributed by atoms with Crippen molar-refractivity contribution < 1.29 is 5.11 Å². The highest BCUT2D eigenvalue weighted by Gasteiger charge is 2.43. The Labute approximate surface area is 169 Å². The van der Waals surface area contributed by atoms with Gasteiger partial charge in [0.15, 0.2) is 5.96 Å². The first-order valence-electron chi connectivity index (χ1n) is 9.42. The lowest BCUT2D eigenvalue weighted by atomic mass is 9.96. The smallest absolute Gasteiger partial charge is 0.191 e. The Hall–Kier alpha value is -0.820. The zero-order chi connectivity index (χ0) is 17.3. The van der Waals surface area contributed by atoms with Crippen LogP contribution in [0.5, 0.6) is 0 Å². The van der Waals surface area contributed by atoms with Gasteiger partial charge in [-0.05, 0) is 44.1 Å². The van der Waals surface area contributed by atoms with E-state index >= 15 is 0 Å². The van der Waals surface area contributed by atoms with Gasteiger partial charge in [0.1, 0.15) is 0 Å².